The van der Waals surface area contributed by atoms with Crippen molar-refractivity contribution in [2.75, 3.05) is 18.5 Å². The van der Waals surface area contributed by atoms with Crippen molar-refractivity contribution in [3.05, 3.63) is 66.0 Å². The van der Waals surface area contributed by atoms with Crippen LogP contribution in [0.3, 0.4) is 0 Å². The van der Waals surface area contributed by atoms with Gasteiger partial charge < -0.3 is 15.4 Å². The molecule has 24 heavy (non-hydrogen) atoms. The van der Waals surface area contributed by atoms with Crippen LogP contribution < -0.4 is 10.6 Å². The van der Waals surface area contributed by atoms with E-state index in [4.69, 9.17) is 4.74 Å². The van der Waals surface area contributed by atoms with Crippen LogP contribution in [0, 0.1) is 5.82 Å². The van der Waals surface area contributed by atoms with Gasteiger partial charge in [-0.1, -0.05) is 30.3 Å². The maximum Gasteiger partial charge on any atom is 0.250 e. The van der Waals surface area contributed by atoms with Crippen LogP contribution in [0.1, 0.15) is 18.5 Å². The molecule has 2 rings (SSSR count). The predicted molar refractivity (Wildman–Crippen MR) is 88.8 cm³/mol. The second-order valence-electron chi connectivity index (χ2n) is 5.25. The number of nitrogens with one attached hydrogen (secondary N) is 2. The molecule has 0 fully saturated rings. The third-order valence-electron chi connectivity index (χ3n) is 3.27. The van der Waals surface area contributed by atoms with Gasteiger partial charge in [-0.05, 0) is 36.8 Å². The monoisotopic (exact) mass is 330 g/mol. The minimum atomic E-state index is -0.412. The second-order valence-corrected chi connectivity index (χ2v) is 5.25. The Morgan fingerprint density at radius 3 is 2.29 bits per heavy atom. The summed E-state index contributed by atoms with van der Waals surface area (Å²) in [6, 6.07) is 14.8. The van der Waals surface area contributed by atoms with Crippen LogP contribution in [0.5, 0.6) is 0 Å². The molecule has 2 aromatic rings. The Kier molecular flexibility index (Phi) is 6.45. The van der Waals surface area contributed by atoms with Gasteiger partial charge in [0, 0.05) is 5.69 Å². The number of rotatable bonds is 7. The zero-order valence-electron chi connectivity index (χ0n) is 13.3. The van der Waals surface area contributed by atoms with Crippen LogP contribution in [0.15, 0.2) is 54.6 Å². The van der Waals surface area contributed by atoms with Crippen LogP contribution in [-0.4, -0.2) is 25.0 Å². The topological polar surface area (TPSA) is 67.4 Å². The Morgan fingerprint density at radius 1 is 1.00 bits per heavy atom. The Bertz CT molecular complexity index is 674. The average molecular weight is 330 g/mol. The average Bonchev–Trinajstić information content (AvgIpc) is 2.57. The summed E-state index contributed by atoms with van der Waals surface area (Å²) in [5, 5.41) is 5.34. The predicted octanol–water partition coefficient (Wildman–Crippen LogP) is 2.66. The van der Waals surface area contributed by atoms with Crippen molar-refractivity contribution in [2.45, 2.75) is 13.0 Å². The van der Waals surface area contributed by atoms with Gasteiger partial charge in [0.25, 0.3) is 0 Å². The maximum atomic E-state index is 12.8. The largest absolute Gasteiger partial charge is 0.362 e. The number of amides is 2. The number of hydrogen-bond donors (Lipinski definition) is 2. The number of halogens is 1. The van der Waals surface area contributed by atoms with E-state index in [2.05, 4.69) is 10.6 Å². The molecule has 0 aliphatic heterocycles. The van der Waals surface area contributed by atoms with E-state index >= 15 is 0 Å². The number of anilines is 1. The van der Waals surface area contributed by atoms with Gasteiger partial charge in [-0.3, -0.25) is 9.59 Å². The molecule has 1 atom stereocenters. The number of carbonyl (C=O) groups is 2. The third-order valence-corrected chi connectivity index (χ3v) is 3.27. The van der Waals surface area contributed by atoms with E-state index in [0.717, 1.165) is 5.56 Å². The molecule has 0 saturated heterocycles. The summed E-state index contributed by atoms with van der Waals surface area (Å²) >= 11 is 0. The third kappa shape index (κ3) is 5.81. The zero-order valence-corrected chi connectivity index (χ0v) is 13.3. The fourth-order valence-corrected chi connectivity index (χ4v) is 2.07. The molecule has 126 valence electrons. The minimum Gasteiger partial charge on any atom is -0.362 e. The Hall–Kier alpha value is -2.73. The molecule has 2 N–H and O–H groups in total. The molecule has 2 amide bonds. The fraction of sp³-hybridized carbons (Fsp3) is 0.222. The van der Waals surface area contributed by atoms with Gasteiger partial charge in [0.15, 0.2) is 0 Å². The van der Waals surface area contributed by atoms with E-state index in [0.29, 0.717) is 5.69 Å². The fourth-order valence-electron chi connectivity index (χ4n) is 2.07. The number of carbonyl (C=O) groups excluding carboxylic acids is 2. The molecule has 6 heteroatoms. The molecule has 5 nitrogen and oxygen atoms in total. The first kappa shape index (κ1) is 17.6. The van der Waals surface area contributed by atoms with Crippen molar-refractivity contribution in [1.82, 2.24) is 5.32 Å². The smallest absolute Gasteiger partial charge is 0.250 e. The molecule has 0 aromatic heterocycles. The van der Waals surface area contributed by atoms with Gasteiger partial charge in [0.2, 0.25) is 11.8 Å². The van der Waals surface area contributed by atoms with Crippen molar-refractivity contribution in [3.8, 4) is 0 Å². The Labute approximate surface area is 139 Å². The van der Waals surface area contributed by atoms with Gasteiger partial charge in [0.1, 0.15) is 19.0 Å². The molecule has 0 saturated carbocycles. The normalized spacial score (nSPS) is 11.6. The highest BCUT2D eigenvalue weighted by molar-refractivity contribution is 5.91. The SMILES string of the molecule is C[C@@H](NC(=O)COCC(=O)Nc1ccc(F)cc1)c1ccccc1. The van der Waals surface area contributed by atoms with Crippen LogP contribution in [-0.2, 0) is 14.3 Å². The molecule has 0 heterocycles. The number of ether oxygens (including phenoxy) is 1. The van der Waals surface area contributed by atoms with Crippen molar-refractivity contribution < 1.29 is 18.7 Å². The molecule has 0 unspecified atom stereocenters. The highest BCUT2D eigenvalue weighted by atomic mass is 19.1. The summed E-state index contributed by atoms with van der Waals surface area (Å²) < 4.78 is 17.9. The zero-order chi connectivity index (χ0) is 17.4. The van der Waals surface area contributed by atoms with E-state index in [1.807, 2.05) is 37.3 Å². The molecular weight excluding hydrogens is 311 g/mol. The minimum absolute atomic E-state index is 0.143. The highest BCUT2D eigenvalue weighted by Crippen LogP contribution is 2.10. The number of benzene rings is 2. The Morgan fingerprint density at radius 2 is 1.62 bits per heavy atom. The van der Waals surface area contributed by atoms with Crippen LogP contribution in [0.4, 0.5) is 10.1 Å². The lowest BCUT2D eigenvalue weighted by Crippen LogP contribution is -2.31. The van der Waals surface area contributed by atoms with Crippen molar-refractivity contribution >= 4 is 17.5 Å². The molecule has 0 radical (unpaired) electrons. The van der Waals surface area contributed by atoms with Gasteiger partial charge in [-0.25, -0.2) is 4.39 Å². The summed E-state index contributed by atoms with van der Waals surface area (Å²) in [7, 11) is 0. The van der Waals surface area contributed by atoms with Crippen LogP contribution in [0.25, 0.3) is 0 Å². The molecule has 0 aliphatic rings. The second kappa shape index (κ2) is 8.79. The molecule has 0 aliphatic carbocycles. The highest BCUT2D eigenvalue weighted by Gasteiger charge is 2.10. The van der Waals surface area contributed by atoms with Crippen molar-refractivity contribution in [2.24, 2.45) is 0 Å². The van der Waals surface area contributed by atoms with E-state index < -0.39 is 5.91 Å². The van der Waals surface area contributed by atoms with Crippen molar-refractivity contribution in [3.63, 3.8) is 0 Å². The maximum absolute atomic E-state index is 12.8. The van der Waals surface area contributed by atoms with E-state index in [1.165, 1.54) is 24.3 Å². The summed E-state index contributed by atoms with van der Waals surface area (Å²) in [5.74, 6) is -1.10. The summed E-state index contributed by atoms with van der Waals surface area (Å²) in [6.45, 7) is 1.40. The quantitative estimate of drug-likeness (QED) is 0.820. The van der Waals surface area contributed by atoms with E-state index in [-0.39, 0.29) is 31.0 Å². The molecule has 0 spiro atoms. The van der Waals surface area contributed by atoms with E-state index in [9.17, 15) is 14.0 Å². The Balaban J connectivity index is 1.68. The van der Waals surface area contributed by atoms with Crippen molar-refractivity contribution in [1.29, 1.82) is 0 Å². The molecule has 0 bridgehead atoms. The van der Waals surface area contributed by atoms with Gasteiger partial charge in [0.05, 0.1) is 6.04 Å². The summed E-state index contributed by atoms with van der Waals surface area (Å²) in [5.41, 5.74) is 1.45. The standard InChI is InChI=1S/C18H19FN2O3/c1-13(14-5-3-2-4-6-14)20-17(22)11-24-12-18(23)21-16-9-7-15(19)8-10-16/h2-10,13H,11-12H2,1H3,(H,20,22)(H,21,23)/t13-/m1/s1. The number of hydrogen-bond acceptors (Lipinski definition) is 3. The van der Waals surface area contributed by atoms with Crippen LogP contribution in [0.2, 0.25) is 0 Å². The first-order valence-electron chi connectivity index (χ1n) is 7.52. The molecular formula is C18H19FN2O3. The van der Waals surface area contributed by atoms with Gasteiger partial charge >= 0.3 is 0 Å². The lowest BCUT2D eigenvalue weighted by molar-refractivity contribution is -0.129. The first-order chi connectivity index (χ1) is 11.5. The first-order valence-corrected chi connectivity index (χ1v) is 7.52. The lowest BCUT2D eigenvalue weighted by Gasteiger charge is -2.14. The van der Waals surface area contributed by atoms with Crippen LogP contribution >= 0.6 is 0 Å². The van der Waals surface area contributed by atoms with Gasteiger partial charge in [-0.15, -0.1) is 0 Å². The van der Waals surface area contributed by atoms with E-state index in [1.54, 1.807) is 0 Å². The molecule has 2 aromatic carbocycles. The lowest BCUT2D eigenvalue weighted by atomic mass is 10.1. The van der Waals surface area contributed by atoms with Gasteiger partial charge in [-0.2, -0.15) is 0 Å². The summed E-state index contributed by atoms with van der Waals surface area (Å²) in [4.78, 5) is 23.5. The summed E-state index contributed by atoms with van der Waals surface area (Å²) in [6.07, 6.45) is 0.